The van der Waals surface area contributed by atoms with Gasteiger partial charge < -0.3 is 18.3 Å². The summed E-state index contributed by atoms with van der Waals surface area (Å²) in [6, 6.07) is 11.2. The van der Waals surface area contributed by atoms with Gasteiger partial charge in [0.2, 0.25) is 5.89 Å². The van der Waals surface area contributed by atoms with Gasteiger partial charge in [0.25, 0.3) is 11.6 Å². The van der Waals surface area contributed by atoms with Gasteiger partial charge >= 0.3 is 0 Å². The molecule has 136 valence electrons. The molecule has 2 heterocycles. The molecule has 9 nitrogen and oxygen atoms in total. The van der Waals surface area contributed by atoms with E-state index in [2.05, 4.69) is 10.2 Å². The van der Waals surface area contributed by atoms with Crippen molar-refractivity contribution in [1.29, 1.82) is 0 Å². The van der Waals surface area contributed by atoms with Crippen LogP contribution in [0.5, 0.6) is 11.5 Å². The molecule has 0 saturated heterocycles. The Kier molecular flexibility index (Phi) is 3.96. The molecule has 2 aromatic carbocycles. The maximum absolute atomic E-state index is 10.9. The van der Waals surface area contributed by atoms with E-state index in [-0.39, 0.29) is 17.5 Å². The van der Waals surface area contributed by atoms with E-state index >= 15 is 0 Å². The molecular weight excluding hydrogens is 354 g/mol. The SMILES string of the molecule is COc1ccc(-c2nnc(-c3cc4cc([N+](=O)[O-])ccc4o3)o2)cc1OC. The van der Waals surface area contributed by atoms with E-state index in [1.54, 1.807) is 31.4 Å². The Hall–Kier alpha value is -3.88. The molecule has 0 spiro atoms. The highest BCUT2D eigenvalue weighted by molar-refractivity contribution is 5.83. The molecule has 0 bridgehead atoms. The molecule has 0 unspecified atom stereocenters. The van der Waals surface area contributed by atoms with Crippen molar-refractivity contribution in [2.45, 2.75) is 0 Å². The van der Waals surface area contributed by atoms with Gasteiger partial charge in [-0.25, -0.2) is 0 Å². The number of rotatable bonds is 5. The zero-order chi connectivity index (χ0) is 19.0. The minimum atomic E-state index is -0.464. The lowest BCUT2D eigenvalue weighted by molar-refractivity contribution is -0.384. The zero-order valence-corrected chi connectivity index (χ0v) is 14.3. The third-order valence-corrected chi connectivity index (χ3v) is 3.98. The van der Waals surface area contributed by atoms with Crippen LogP contribution in [0, 0.1) is 10.1 Å². The molecule has 27 heavy (non-hydrogen) atoms. The summed E-state index contributed by atoms with van der Waals surface area (Å²) in [4.78, 5) is 10.4. The van der Waals surface area contributed by atoms with E-state index in [0.717, 1.165) is 0 Å². The first kappa shape index (κ1) is 16.6. The Morgan fingerprint density at radius 3 is 2.44 bits per heavy atom. The molecule has 0 fully saturated rings. The summed E-state index contributed by atoms with van der Waals surface area (Å²) in [6.07, 6.45) is 0. The van der Waals surface area contributed by atoms with Gasteiger partial charge in [-0.3, -0.25) is 10.1 Å². The first-order valence-electron chi connectivity index (χ1n) is 7.83. The van der Waals surface area contributed by atoms with Crippen molar-refractivity contribution in [3.05, 3.63) is 52.6 Å². The average Bonchev–Trinajstić information content (AvgIpc) is 3.33. The summed E-state index contributed by atoms with van der Waals surface area (Å²) in [5, 5.41) is 19.5. The van der Waals surface area contributed by atoms with Crippen LogP contribution < -0.4 is 9.47 Å². The molecule has 9 heteroatoms. The number of benzene rings is 2. The fraction of sp³-hybridized carbons (Fsp3) is 0.111. The first-order valence-corrected chi connectivity index (χ1v) is 7.83. The maximum Gasteiger partial charge on any atom is 0.283 e. The van der Waals surface area contributed by atoms with Gasteiger partial charge in [-0.15, -0.1) is 10.2 Å². The summed E-state index contributed by atoms with van der Waals surface area (Å²) in [7, 11) is 3.09. The van der Waals surface area contributed by atoms with Crippen molar-refractivity contribution in [2.24, 2.45) is 0 Å². The molecule has 4 aromatic rings. The number of nitro benzene ring substituents is 1. The maximum atomic E-state index is 10.9. The van der Waals surface area contributed by atoms with Gasteiger partial charge in [0.1, 0.15) is 5.58 Å². The van der Waals surface area contributed by atoms with Crippen LogP contribution >= 0.6 is 0 Å². The van der Waals surface area contributed by atoms with Crippen molar-refractivity contribution in [3.8, 4) is 34.6 Å². The number of aromatic nitrogens is 2. The molecule has 0 aliphatic rings. The van der Waals surface area contributed by atoms with Crippen LogP contribution in [0.1, 0.15) is 0 Å². The van der Waals surface area contributed by atoms with E-state index in [1.165, 1.54) is 25.3 Å². The molecule has 0 atom stereocenters. The fourth-order valence-electron chi connectivity index (χ4n) is 2.66. The third kappa shape index (κ3) is 2.95. The molecule has 0 saturated carbocycles. The van der Waals surface area contributed by atoms with Crippen LogP contribution in [0.3, 0.4) is 0 Å². The summed E-state index contributed by atoms with van der Waals surface area (Å²) < 4.78 is 21.8. The summed E-state index contributed by atoms with van der Waals surface area (Å²) >= 11 is 0. The predicted molar refractivity (Wildman–Crippen MR) is 94.7 cm³/mol. The van der Waals surface area contributed by atoms with Crippen LogP contribution in [0.4, 0.5) is 5.69 Å². The predicted octanol–water partition coefficient (Wildman–Crippen LogP) is 4.08. The Morgan fingerprint density at radius 1 is 0.926 bits per heavy atom. The normalized spacial score (nSPS) is 10.9. The van der Waals surface area contributed by atoms with Gasteiger partial charge in [0, 0.05) is 23.1 Å². The number of nitrogens with zero attached hydrogens (tertiary/aromatic N) is 3. The topological polar surface area (TPSA) is 114 Å². The van der Waals surface area contributed by atoms with E-state index in [0.29, 0.717) is 33.8 Å². The van der Waals surface area contributed by atoms with Crippen LogP contribution in [-0.4, -0.2) is 29.3 Å². The number of hydrogen-bond donors (Lipinski definition) is 0. The third-order valence-electron chi connectivity index (χ3n) is 3.98. The monoisotopic (exact) mass is 367 g/mol. The van der Waals surface area contributed by atoms with Crippen LogP contribution in [0.15, 0.2) is 51.3 Å². The lowest BCUT2D eigenvalue weighted by Gasteiger charge is -2.07. The quantitative estimate of drug-likeness (QED) is 0.383. The first-order chi connectivity index (χ1) is 13.1. The standard InChI is InChI=1S/C18H13N3O6/c1-24-14-5-3-10(8-15(14)25-2)17-19-20-18(27-17)16-9-11-7-12(21(22)23)4-6-13(11)26-16/h3-9H,1-2H3. The molecule has 0 aliphatic carbocycles. The Morgan fingerprint density at radius 2 is 1.70 bits per heavy atom. The van der Waals surface area contributed by atoms with E-state index < -0.39 is 4.92 Å². The smallest absolute Gasteiger partial charge is 0.283 e. The molecular formula is C18H13N3O6. The highest BCUT2D eigenvalue weighted by Crippen LogP contribution is 2.34. The van der Waals surface area contributed by atoms with Crippen LogP contribution in [0.2, 0.25) is 0 Å². The largest absolute Gasteiger partial charge is 0.493 e. The highest BCUT2D eigenvalue weighted by atomic mass is 16.6. The number of methoxy groups -OCH3 is 2. The summed E-state index contributed by atoms with van der Waals surface area (Å²) in [5.74, 6) is 1.88. The number of nitro groups is 1. The number of non-ortho nitro benzene ring substituents is 1. The van der Waals surface area contributed by atoms with Crippen LogP contribution in [0.25, 0.3) is 34.1 Å². The van der Waals surface area contributed by atoms with E-state index in [4.69, 9.17) is 18.3 Å². The summed E-state index contributed by atoms with van der Waals surface area (Å²) in [6.45, 7) is 0. The molecule has 0 N–H and O–H groups in total. The Bertz CT molecular complexity index is 1150. The molecule has 0 amide bonds. The second-order valence-electron chi connectivity index (χ2n) is 5.57. The van der Waals surface area contributed by atoms with Gasteiger partial charge in [-0.2, -0.15) is 0 Å². The second-order valence-corrected chi connectivity index (χ2v) is 5.57. The van der Waals surface area contributed by atoms with Gasteiger partial charge in [-0.1, -0.05) is 0 Å². The number of ether oxygens (including phenoxy) is 2. The molecule has 2 aromatic heterocycles. The molecule has 0 radical (unpaired) electrons. The zero-order valence-electron chi connectivity index (χ0n) is 14.3. The van der Waals surface area contributed by atoms with Crippen LogP contribution in [-0.2, 0) is 0 Å². The van der Waals surface area contributed by atoms with Crippen molar-refractivity contribution >= 4 is 16.7 Å². The minimum absolute atomic E-state index is 0.0219. The number of fused-ring (bicyclic) bond motifs is 1. The fourth-order valence-corrected chi connectivity index (χ4v) is 2.66. The van der Waals surface area contributed by atoms with E-state index in [9.17, 15) is 10.1 Å². The lowest BCUT2D eigenvalue weighted by atomic mass is 10.2. The van der Waals surface area contributed by atoms with Gasteiger partial charge in [0.05, 0.1) is 19.1 Å². The minimum Gasteiger partial charge on any atom is -0.493 e. The van der Waals surface area contributed by atoms with Gasteiger partial charge in [-0.05, 0) is 30.3 Å². The second kappa shape index (κ2) is 6.45. The number of hydrogen-bond acceptors (Lipinski definition) is 8. The molecule has 0 aliphatic heterocycles. The van der Waals surface area contributed by atoms with Crippen molar-refractivity contribution in [1.82, 2.24) is 10.2 Å². The number of furan rings is 1. The Labute approximate surface area is 152 Å². The van der Waals surface area contributed by atoms with Crippen molar-refractivity contribution in [3.63, 3.8) is 0 Å². The lowest BCUT2D eigenvalue weighted by Crippen LogP contribution is -1.90. The van der Waals surface area contributed by atoms with Crippen molar-refractivity contribution < 1.29 is 23.2 Å². The highest BCUT2D eigenvalue weighted by Gasteiger charge is 2.17. The summed E-state index contributed by atoms with van der Waals surface area (Å²) in [5.41, 5.74) is 1.12. The molecule has 4 rings (SSSR count). The average molecular weight is 367 g/mol. The van der Waals surface area contributed by atoms with E-state index in [1.807, 2.05) is 0 Å². The Balaban J connectivity index is 1.70. The van der Waals surface area contributed by atoms with Gasteiger partial charge in [0.15, 0.2) is 17.3 Å². The van der Waals surface area contributed by atoms with Crippen molar-refractivity contribution in [2.75, 3.05) is 14.2 Å².